The number of hydrogen-bond acceptors (Lipinski definition) is 4. The zero-order valence-electron chi connectivity index (χ0n) is 18.0. The van der Waals surface area contributed by atoms with Gasteiger partial charge in [0.15, 0.2) is 0 Å². The molecule has 0 amide bonds. The van der Waals surface area contributed by atoms with Crippen LogP contribution in [0.5, 0.6) is 0 Å². The van der Waals surface area contributed by atoms with Crippen LogP contribution in [0.15, 0.2) is 69.1 Å². The number of rotatable bonds is 5. The number of thioether (sulfide) groups is 1. The molecule has 0 saturated heterocycles. The van der Waals surface area contributed by atoms with E-state index in [4.69, 9.17) is 0 Å². The van der Waals surface area contributed by atoms with Crippen molar-refractivity contribution in [1.29, 1.82) is 0 Å². The molecule has 0 bridgehead atoms. The highest BCUT2D eigenvalue weighted by atomic mass is 32.2. The first-order valence-corrected chi connectivity index (χ1v) is 13.4. The molecule has 1 heterocycles. The lowest BCUT2D eigenvalue weighted by Gasteiger charge is -2.44. The summed E-state index contributed by atoms with van der Waals surface area (Å²) in [5, 5.41) is 0. The second kappa shape index (κ2) is 9.51. The number of benzene rings is 1. The van der Waals surface area contributed by atoms with Crippen LogP contribution < -0.4 is 0 Å². The van der Waals surface area contributed by atoms with Crippen LogP contribution >= 0.6 is 11.8 Å². The maximum absolute atomic E-state index is 13.1. The smallest absolute Gasteiger partial charge is 0.263 e. The predicted molar refractivity (Wildman–Crippen MR) is 132 cm³/mol. The molecular formula is C26H31N2OS2+. The lowest BCUT2D eigenvalue weighted by Crippen LogP contribution is -2.58. The third-order valence-electron chi connectivity index (χ3n) is 7.23. The third-order valence-corrected chi connectivity index (χ3v) is 9.19. The van der Waals surface area contributed by atoms with Crippen LogP contribution in [-0.4, -0.2) is 28.1 Å². The summed E-state index contributed by atoms with van der Waals surface area (Å²) in [6.07, 6.45) is 23.0. The van der Waals surface area contributed by atoms with Gasteiger partial charge in [0.2, 0.25) is 0 Å². The number of nitrogens with zero attached hydrogens (tertiary/aromatic N) is 2. The van der Waals surface area contributed by atoms with E-state index in [1.54, 1.807) is 11.8 Å². The maximum Gasteiger partial charge on any atom is 0.493 e. The highest BCUT2D eigenvalue weighted by molar-refractivity contribution is 8.03. The molecule has 0 aromatic heterocycles. The van der Waals surface area contributed by atoms with Gasteiger partial charge >= 0.3 is 16.5 Å². The van der Waals surface area contributed by atoms with Crippen molar-refractivity contribution in [2.24, 2.45) is 4.99 Å². The molecule has 1 aliphatic heterocycles. The molecule has 2 fully saturated rings. The van der Waals surface area contributed by atoms with Gasteiger partial charge in [-0.15, -0.1) is 0 Å². The van der Waals surface area contributed by atoms with Crippen molar-refractivity contribution < 1.29 is 4.21 Å². The molecule has 3 nitrogen and oxygen atoms in total. The van der Waals surface area contributed by atoms with Gasteiger partial charge in [0.25, 0.3) is 0 Å². The van der Waals surface area contributed by atoms with Crippen molar-refractivity contribution in [2.75, 3.05) is 0 Å². The molecule has 5 rings (SSSR count). The molecular weight excluding hydrogens is 420 g/mol. The van der Waals surface area contributed by atoms with Gasteiger partial charge < -0.3 is 0 Å². The fraction of sp³-hybridized carbons (Fsp3) is 0.500. The van der Waals surface area contributed by atoms with E-state index in [1.807, 2.05) is 12.4 Å². The van der Waals surface area contributed by atoms with E-state index in [1.165, 1.54) is 69.1 Å². The van der Waals surface area contributed by atoms with Crippen molar-refractivity contribution in [3.05, 3.63) is 64.7 Å². The van der Waals surface area contributed by atoms with Gasteiger partial charge in [0.1, 0.15) is 0 Å². The number of aliphatic imine (C=N–C) groups is 1. The monoisotopic (exact) mass is 451 g/mol. The Morgan fingerprint density at radius 1 is 0.968 bits per heavy atom. The zero-order chi connectivity index (χ0) is 21.1. The highest BCUT2D eigenvalue weighted by Gasteiger charge is 2.58. The summed E-state index contributed by atoms with van der Waals surface area (Å²) in [4.78, 5) is 8.96. The summed E-state index contributed by atoms with van der Waals surface area (Å²) in [7, 11) is 0. The lowest BCUT2D eigenvalue weighted by atomic mass is 9.86. The third kappa shape index (κ3) is 4.12. The van der Waals surface area contributed by atoms with Crippen molar-refractivity contribution >= 4 is 29.6 Å². The molecule has 1 aromatic carbocycles. The van der Waals surface area contributed by atoms with Gasteiger partial charge in [-0.3, -0.25) is 4.99 Å². The number of fused-ring (bicyclic) bond motifs is 1. The zero-order valence-corrected chi connectivity index (χ0v) is 19.7. The van der Waals surface area contributed by atoms with Gasteiger partial charge in [-0.05, 0) is 37.8 Å². The minimum absolute atomic E-state index is 0.497. The molecule has 31 heavy (non-hydrogen) atoms. The summed E-state index contributed by atoms with van der Waals surface area (Å²) in [5.74, 6) is 0. The number of allylic oxidation sites excluding steroid dienone is 2. The Morgan fingerprint density at radius 3 is 2.32 bits per heavy atom. The van der Waals surface area contributed by atoms with E-state index < -0.39 is 4.87 Å². The highest BCUT2D eigenvalue weighted by Crippen LogP contribution is 2.47. The van der Waals surface area contributed by atoms with Crippen molar-refractivity contribution in [1.82, 2.24) is 4.90 Å². The summed E-state index contributed by atoms with van der Waals surface area (Å²) < 4.78 is 13.1. The Labute approximate surface area is 194 Å². The Hall–Kier alpha value is -1.56. The Bertz CT molecular complexity index is 920. The van der Waals surface area contributed by atoms with E-state index in [2.05, 4.69) is 52.4 Å². The molecule has 4 aliphatic rings. The first-order chi connectivity index (χ1) is 15.3. The second-order valence-electron chi connectivity index (χ2n) is 9.12. The van der Waals surface area contributed by atoms with Crippen LogP contribution in [0.1, 0.15) is 69.8 Å². The quantitative estimate of drug-likeness (QED) is 0.371. The van der Waals surface area contributed by atoms with Crippen LogP contribution in [0.25, 0.3) is 0 Å². The van der Waals surface area contributed by atoms with Crippen LogP contribution in [0.4, 0.5) is 0 Å². The molecule has 1 aromatic rings. The van der Waals surface area contributed by atoms with Crippen molar-refractivity contribution in [2.45, 2.75) is 86.1 Å². The van der Waals surface area contributed by atoms with Crippen LogP contribution in [0.2, 0.25) is 0 Å². The molecule has 5 heteroatoms. The minimum atomic E-state index is -0.627. The SMILES string of the molecule is O=[S+]C1(N(C2CCCCC2)C2CCCCC2)C=CC=C1C1=CN=Cc2ccccc2S1. The Kier molecular flexibility index (Phi) is 6.54. The molecule has 162 valence electrons. The van der Waals surface area contributed by atoms with E-state index in [-0.39, 0.29) is 0 Å². The van der Waals surface area contributed by atoms with Gasteiger partial charge in [-0.25, -0.2) is 4.90 Å². The van der Waals surface area contributed by atoms with Gasteiger partial charge in [0, 0.05) is 50.1 Å². The molecule has 1 atom stereocenters. The van der Waals surface area contributed by atoms with Gasteiger partial charge in [-0.1, -0.05) is 74.6 Å². The normalized spacial score (nSPS) is 27.0. The largest absolute Gasteiger partial charge is 0.493 e. The standard InChI is InChI=1S/C26H31N2OS2/c29-31-26(28(21-11-3-1-4-12-21)22-13-5-2-6-14-22)17-9-15-23(26)25-19-27-18-20-10-7-8-16-24(20)30-25/h7-10,15-19,21-22H,1-6,11-14H2/q+1. The molecule has 0 spiro atoms. The maximum atomic E-state index is 13.1. The first-order valence-electron chi connectivity index (χ1n) is 11.8. The van der Waals surface area contributed by atoms with Gasteiger partial charge in [-0.2, -0.15) is 0 Å². The summed E-state index contributed by atoms with van der Waals surface area (Å²) in [5.41, 5.74) is 2.27. The fourth-order valence-electron chi connectivity index (χ4n) is 5.78. The summed E-state index contributed by atoms with van der Waals surface area (Å²) in [6.45, 7) is 0. The van der Waals surface area contributed by atoms with Crippen molar-refractivity contribution in [3.63, 3.8) is 0 Å². The second-order valence-corrected chi connectivity index (χ2v) is 11.0. The molecule has 3 aliphatic carbocycles. The van der Waals surface area contributed by atoms with Gasteiger partial charge in [0.05, 0.1) is 5.57 Å². The van der Waals surface area contributed by atoms with Crippen LogP contribution in [0, 0.1) is 0 Å². The predicted octanol–water partition coefficient (Wildman–Crippen LogP) is 6.64. The van der Waals surface area contributed by atoms with E-state index in [0.717, 1.165) is 27.7 Å². The van der Waals surface area contributed by atoms with E-state index >= 15 is 0 Å². The van der Waals surface area contributed by atoms with Crippen molar-refractivity contribution in [3.8, 4) is 0 Å². The molecule has 0 radical (unpaired) electrons. The minimum Gasteiger partial charge on any atom is -0.263 e. The fourth-order valence-corrected chi connectivity index (χ4v) is 7.70. The van der Waals surface area contributed by atoms with Crippen LogP contribution in [0.3, 0.4) is 0 Å². The molecule has 0 N–H and O–H groups in total. The average Bonchev–Trinajstić information content (AvgIpc) is 3.13. The number of hydrogen-bond donors (Lipinski definition) is 0. The summed E-state index contributed by atoms with van der Waals surface area (Å²) >= 11 is 2.53. The lowest BCUT2D eigenvalue weighted by molar-refractivity contribution is 0.0546. The topological polar surface area (TPSA) is 32.7 Å². The Morgan fingerprint density at radius 2 is 1.65 bits per heavy atom. The van der Waals surface area contributed by atoms with Crippen LogP contribution in [-0.2, 0) is 15.9 Å². The van der Waals surface area contributed by atoms with E-state index in [9.17, 15) is 4.21 Å². The average molecular weight is 452 g/mol. The molecule has 2 saturated carbocycles. The Balaban J connectivity index is 1.53. The summed E-state index contributed by atoms with van der Waals surface area (Å²) in [6, 6.07) is 9.39. The first kappa shape index (κ1) is 21.3. The molecule has 1 unspecified atom stereocenters. The van der Waals surface area contributed by atoms with E-state index in [0.29, 0.717) is 12.1 Å².